The molecule has 0 bridgehead atoms. The Morgan fingerprint density at radius 3 is 2.66 bits per heavy atom. The Kier molecular flexibility index (Phi) is 8.78. The summed E-state index contributed by atoms with van der Waals surface area (Å²) in [6.07, 6.45) is 6.06. The molecule has 5 heteroatoms. The maximum atomic E-state index is 12.5. The molecule has 0 unspecified atom stereocenters. The van der Waals surface area contributed by atoms with E-state index in [1.54, 1.807) is 37.5 Å². The highest BCUT2D eigenvalue weighted by atomic mass is 16.5. The second-order valence-corrected chi connectivity index (χ2v) is 6.81. The summed E-state index contributed by atoms with van der Waals surface area (Å²) in [4.78, 5) is 12.5. The smallest absolute Gasteiger partial charge is 0.266 e. The minimum atomic E-state index is -0.451. The number of nitriles is 1. The second-order valence-electron chi connectivity index (χ2n) is 6.81. The largest absolute Gasteiger partial charge is 0.493 e. The van der Waals surface area contributed by atoms with Gasteiger partial charge in [-0.15, -0.1) is 0 Å². The van der Waals surface area contributed by atoms with Crippen LogP contribution in [0.15, 0.2) is 48.0 Å². The van der Waals surface area contributed by atoms with Crippen molar-refractivity contribution in [2.45, 2.75) is 39.5 Å². The Bertz CT molecular complexity index is 897. The van der Waals surface area contributed by atoms with Crippen LogP contribution in [0.2, 0.25) is 0 Å². The number of rotatable bonds is 10. The second kappa shape index (κ2) is 11.6. The van der Waals surface area contributed by atoms with Crippen molar-refractivity contribution < 1.29 is 14.3 Å². The monoisotopic (exact) mass is 392 g/mol. The summed E-state index contributed by atoms with van der Waals surface area (Å²) in [6.45, 7) is 4.75. The van der Waals surface area contributed by atoms with E-state index in [4.69, 9.17) is 9.47 Å². The number of nitrogens with zero attached hydrogens (tertiary/aromatic N) is 1. The van der Waals surface area contributed by atoms with Crippen molar-refractivity contribution in [2.75, 3.05) is 19.0 Å². The zero-order valence-corrected chi connectivity index (χ0v) is 17.3. The molecular formula is C24H28N2O3. The highest BCUT2D eigenvalue weighted by Gasteiger charge is 2.11. The molecule has 1 N–H and O–H groups in total. The maximum absolute atomic E-state index is 12.5. The molecular weight excluding hydrogens is 364 g/mol. The van der Waals surface area contributed by atoms with Crippen LogP contribution in [0.4, 0.5) is 5.69 Å². The maximum Gasteiger partial charge on any atom is 0.266 e. The molecule has 0 radical (unpaired) electrons. The van der Waals surface area contributed by atoms with Gasteiger partial charge in [0.05, 0.1) is 13.7 Å². The normalized spacial score (nSPS) is 10.9. The number of carbonyl (C=O) groups excluding carboxylic acids is 1. The van der Waals surface area contributed by atoms with Crippen molar-refractivity contribution in [3.05, 3.63) is 59.2 Å². The molecule has 2 rings (SSSR count). The summed E-state index contributed by atoms with van der Waals surface area (Å²) in [7, 11) is 1.57. The highest BCUT2D eigenvalue weighted by Crippen LogP contribution is 2.29. The number of hydrogen-bond acceptors (Lipinski definition) is 4. The van der Waals surface area contributed by atoms with Gasteiger partial charge in [0.25, 0.3) is 5.91 Å². The lowest BCUT2D eigenvalue weighted by atomic mass is 10.1. The molecule has 0 atom stereocenters. The average Bonchev–Trinajstić information content (AvgIpc) is 2.72. The van der Waals surface area contributed by atoms with Crippen molar-refractivity contribution in [1.82, 2.24) is 0 Å². The fourth-order valence-electron chi connectivity index (χ4n) is 2.84. The number of carbonyl (C=O) groups is 1. The molecule has 1 amide bonds. The molecule has 0 aliphatic heterocycles. The molecule has 0 saturated heterocycles. The van der Waals surface area contributed by atoms with Crippen LogP contribution < -0.4 is 14.8 Å². The minimum absolute atomic E-state index is 0.0155. The van der Waals surface area contributed by atoms with Crippen LogP contribution in [0.3, 0.4) is 0 Å². The van der Waals surface area contributed by atoms with Crippen molar-refractivity contribution >= 4 is 17.7 Å². The topological polar surface area (TPSA) is 71.3 Å². The molecule has 2 aromatic carbocycles. The summed E-state index contributed by atoms with van der Waals surface area (Å²) in [5.74, 6) is 0.780. The number of amides is 1. The number of unbranched alkanes of at least 4 members (excludes halogenated alkanes) is 3. The van der Waals surface area contributed by atoms with Gasteiger partial charge < -0.3 is 14.8 Å². The first-order valence-electron chi connectivity index (χ1n) is 9.88. The van der Waals surface area contributed by atoms with Gasteiger partial charge in [-0.1, -0.05) is 44.4 Å². The van der Waals surface area contributed by atoms with E-state index < -0.39 is 5.91 Å². The van der Waals surface area contributed by atoms with E-state index in [1.807, 2.05) is 31.2 Å². The van der Waals surface area contributed by atoms with Crippen LogP contribution in [0, 0.1) is 18.3 Å². The first kappa shape index (κ1) is 22.0. The van der Waals surface area contributed by atoms with Gasteiger partial charge >= 0.3 is 0 Å². The van der Waals surface area contributed by atoms with Gasteiger partial charge in [0, 0.05) is 5.69 Å². The molecule has 0 heterocycles. The van der Waals surface area contributed by atoms with E-state index in [2.05, 4.69) is 12.2 Å². The van der Waals surface area contributed by atoms with Crippen LogP contribution in [0.25, 0.3) is 6.08 Å². The van der Waals surface area contributed by atoms with Gasteiger partial charge in [0.1, 0.15) is 11.6 Å². The van der Waals surface area contributed by atoms with E-state index in [9.17, 15) is 10.1 Å². The molecule has 0 aliphatic rings. The van der Waals surface area contributed by atoms with E-state index in [0.717, 1.165) is 18.4 Å². The quantitative estimate of drug-likeness (QED) is 0.329. The Balaban J connectivity index is 2.09. The summed E-state index contributed by atoms with van der Waals surface area (Å²) in [5, 5.41) is 12.2. The minimum Gasteiger partial charge on any atom is -0.493 e. The van der Waals surface area contributed by atoms with Gasteiger partial charge in [-0.05, 0) is 54.8 Å². The summed E-state index contributed by atoms with van der Waals surface area (Å²) in [6, 6.07) is 14.8. The van der Waals surface area contributed by atoms with Crippen molar-refractivity contribution in [1.29, 1.82) is 5.26 Å². The predicted octanol–water partition coefficient (Wildman–Crippen LogP) is 5.51. The third-order valence-electron chi connectivity index (χ3n) is 4.40. The van der Waals surface area contributed by atoms with E-state index in [0.29, 0.717) is 29.4 Å². The van der Waals surface area contributed by atoms with E-state index in [-0.39, 0.29) is 5.57 Å². The molecule has 0 aliphatic carbocycles. The number of methoxy groups -OCH3 is 1. The van der Waals surface area contributed by atoms with Crippen LogP contribution in [0.5, 0.6) is 11.5 Å². The van der Waals surface area contributed by atoms with Gasteiger partial charge in [0.2, 0.25) is 0 Å². The number of aryl methyl sites for hydroxylation is 1. The molecule has 0 saturated carbocycles. The SMILES string of the molecule is CCCCCCOc1ccc(/C=C(\C#N)C(=O)Nc2cccc(C)c2)cc1OC. The molecule has 0 fully saturated rings. The molecule has 29 heavy (non-hydrogen) atoms. The molecule has 2 aromatic rings. The lowest BCUT2D eigenvalue weighted by Crippen LogP contribution is -2.13. The fourth-order valence-corrected chi connectivity index (χ4v) is 2.84. The molecule has 152 valence electrons. The van der Waals surface area contributed by atoms with Gasteiger partial charge in [0.15, 0.2) is 11.5 Å². The Hall–Kier alpha value is -3.26. The highest BCUT2D eigenvalue weighted by molar-refractivity contribution is 6.09. The van der Waals surface area contributed by atoms with Crippen LogP contribution in [-0.4, -0.2) is 19.6 Å². The van der Waals surface area contributed by atoms with Crippen molar-refractivity contribution in [3.8, 4) is 17.6 Å². The third kappa shape index (κ3) is 7.00. The van der Waals surface area contributed by atoms with E-state index in [1.165, 1.54) is 12.8 Å². The van der Waals surface area contributed by atoms with E-state index >= 15 is 0 Å². The Morgan fingerprint density at radius 1 is 1.14 bits per heavy atom. The number of anilines is 1. The summed E-state index contributed by atoms with van der Waals surface area (Å²) in [5.41, 5.74) is 2.39. The summed E-state index contributed by atoms with van der Waals surface area (Å²) < 4.78 is 11.2. The Labute approximate surface area is 173 Å². The van der Waals surface area contributed by atoms with Crippen molar-refractivity contribution in [2.24, 2.45) is 0 Å². The lowest BCUT2D eigenvalue weighted by molar-refractivity contribution is -0.112. The fraction of sp³-hybridized carbons (Fsp3) is 0.333. The molecule has 5 nitrogen and oxygen atoms in total. The van der Waals surface area contributed by atoms with Gasteiger partial charge in [-0.3, -0.25) is 4.79 Å². The van der Waals surface area contributed by atoms with Crippen LogP contribution in [-0.2, 0) is 4.79 Å². The molecule has 0 spiro atoms. The first-order valence-corrected chi connectivity index (χ1v) is 9.88. The van der Waals surface area contributed by atoms with Crippen LogP contribution in [0.1, 0.15) is 43.7 Å². The number of benzene rings is 2. The number of hydrogen-bond donors (Lipinski definition) is 1. The average molecular weight is 392 g/mol. The lowest BCUT2D eigenvalue weighted by Gasteiger charge is -2.11. The zero-order chi connectivity index (χ0) is 21.1. The zero-order valence-electron chi connectivity index (χ0n) is 17.3. The Morgan fingerprint density at radius 2 is 1.97 bits per heavy atom. The first-order chi connectivity index (χ1) is 14.1. The number of ether oxygens (including phenoxy) is 2. The third-order valence-corrected chi connectivity index (χ3v) is 4.40. The summed E-state index contributed by atoms with van der Waals surface area (Å²) >= 11 is 0. The van der Waals surface area contributed by atoms with Crippen LogP contribution >= 0.6 is 0 Å². The predicted molar refractivity (Wildman–Crippen MR) is 116 cm³/mol. The van der Waals surface area contributed by atoms with Gasteiger partial charge in [-0.25, -0.2) is 0 Å². The molecule has 0 aromatic heterocycles. The van der Waals surface area contributed by atoms with Gasteiger partial charge in [-0.2, -0.15) is 5.26 Å². The standard InChI is InChI=1S/C24H28N2O3/c1-4-5-6-7-13-29-22-12-11-19(16-23(22)28-3)15-20(17-25)24(27)26-21-10-8-9-18(2)14-21/h8-12,14-16H,4-7,13H2,1-3H3,(H,26,27)/b20-15+. The van der Waals surface area contributed by atoms with Crippen molar-refractivity contribution in [3.63, 3.8) is 0 Å². The number of nitrogens with one attached hydrogen (secondary N) is 1.